The Labute approximate surface area is 110 Å². The zero-order valence-electron chi connectivity index (χ0n) is 11.8. The van der Waals surface area contributed by atoms with Crippen molar-refractivity contribution in [1.82, 2.24) is 5.32 Å². The molecule has 0 atom stereocenters. The second-order valence-electron chi connectivity index (χ2n) is 5.64. The van der Waals surface area contributed by atoms with Gasteiger partial charge in [0.1, 0.15) is 11.6 Å². The molecule has 0 fully saturated rings. The van der Waals surface area contributed by atoms with Crippen molar-refractivity contribution in [1.29, 1.82) is 0 Å². The van der Waals surface area contributed by atoms with Crippen LogP contribution < -0.4 is 10.1 Å². The first kappa shape index (κ1) is 15.0. The van der Waals surface area contributed by atoms with Crippen molar-refractivity contribution in [3.63, 3.8) is 0 Å². The number of ether oxygens (including phenoxy) is 1. The molecule has 0 aliphatic carbocycles. The third-order valence-electron chi connectivity index (χ3n) is 2.63. The van der Waals surface area contributed by atoms with Crippen LogP contribution >= 0.6 is 0 Å². The first-order valence-corrected chi connectivity index (χ1v) is 6.52. The predicted molar refractivity (Wildman–Crippen MR) is 73.6 cm³/mol. The monoisotopic (exact) mass is 253 g/mol. The van der Waals surface area contributed by atoms with Crippen molar-refractivity contribution < 1.29 is 9.13 Å². The summed E-state index contributed by atoms with van der Waals surface area (Å²) in [5.74, 6) is 0.406. The van der Waals surface area contributed by atoms with Gasteiger partial charge in [0, 0.05) is 11.6 Å². The van der Waals surface area contributed by atoms with Crippen molar-refractivity contribution in [2.45, 2.75) is 46.1 Å². The topological polar surface area (TPSA) is 21.3 Å². The van der Waals surface area contributed by atoms with Gasteiger partial charge in [0.2, 0.25) is 0 Å². The van der Waals surface area contributed by atoms with Crippen LogP contribution in [0.2, 0.25) is 0 Å². The van der Waals surface area contributed by atoms with Crippen molar-refractivity contribution in [3.8, 4) is 5.75 Å². The summed E-state index contributed by atoms with van der Waals surface area (Å²) in [4.78, 5) is 0. The van der Waals surface area contributed by atoms with Gasteiger partial charge in [0.25, 0.3) is 0 Å². The number of nitrogens with one attached hydrogen (secondary N) is 1. The average Bonchev–Trinajstić information content (AvgIpc) is 2.26. The number of unbranched alkanes of at least 4 members (excludes halogenated alkanes) is 1. The molecule has 2 nitrogen and oxygen atoms in total. The van der Waals surface area contributed by atoms with Gasteiger partial charge in [-0.05, 0) is 58.7 Å². The van der Waals surface area contributed by atoms with E-state index >= 15 is 0 Å². The third-order valence-corrected chi connectivity index (χ3v) is 2.63. The van der Waals surface area contributed by atoms with Gasteiger partial charge in [-0.1, -0.05) is 6.07 Å². The second-order valence-corrected chi connectivity index (χ2v) is 5.64. The van der Waals surface area contributed by atoms with Crippen molar-refractivity contribution in [2.75, 3.05) is 13.2 Å². The van der Waals surface area contributed by atoms with Gasteiger partial charge in [-0.25, -0.2) is 4.39 Å². The molecule has 1 aromatic rings. The Morgan fingerprint density at radius 3 is 2.61 bits per heavy atom. The van der Waals surface area contributed by atoms with E-state index in [1.165, 1.54) is 12.1 Å². The fraction of sp³-hybridized carbons (Fsp3) is 0.600. The molecule has 0 bridgehead atoms. The van der Waals surface area contributed by atoms with Crippen LogP contribution in [0.3, 0.4) is 0 Å². The smallest absolute Gasteiger partial charge is 0.126 e. The SMILES string of the molecule is Cc1ccc(F)cc1OCCCCNC(C)(C)C. The fourth-order valence-corrected chi connectivity index (χ4v) is 1.60. The van der Waals surface area contributed by atoms with E-state index in [2.05, 4.69) is 26.1 Å². The Morgan fingerprint density at radius 1 is 1.22 bits per heavy atom. The van der Waals surface area contributed by atoms with Crippen molar-refractivity contribution in [2.24, 2.45) is 0 Å². The van der Waals surface area contributed by atoms with Crippen LogP contribution in [0.15, 0.2) is 18.2 Å². The molecule has 0 unspecified atom stereocenters. The van der Waals surface area contributed by atoms with Gasteiger partial charge < -0.3 is 10.1 Å². The lowest BCUT2D eigenvalue weighted by Gasteiger charge is -2.20. The van der Waals surface area contributed by atoms with E-state index in [0.29, 0.717) is 12.4 Å². The van der Waals surface area contributed by atoms with Crippen LogP contribution in [0.4, 0.5) is 4.39 Å². The van der Waals surface area contributed by atoms with E-state index in [-0.39, 0.29) is 11.4 Å². The van der Waals surface area contributed by atoms with Gasteiger partial charge in [0.05, 0.1) is 6.61 Å². The maximum atomic E-state index is 13.0. The molecule has 1 rings (SSSR count). The summed E-state index contributed by atoms with van der Waals surface area (Å²) in [6.07, 6.45) is 2.03. The van der Waals surface area contributed by atoms with Gasteiger partial charge in [-0.2, -0.15) is 0 Å². The zero-order valence-corrected chi connectivity index (χ0v) is 11.8. The van der Waals surface area contributed by atoms with E-state index in [9.17, 15) is 4.39 Å². The minimum atomic E-state index is -0.245. The molecule has 0 spiro atoms. The summed E-state index contributed by atoms with van der Waals surface area (Å²) in [6.45, 7) is 10.00. The summed E-state index contributed by atoms with van der Waals surface area (Å²) in [5.41, 5.74) is 1.14. The molecule has 0 aromatic heterocycles. The van der Waals surface area contributed by atoms with E-state index in [4.69, 9.17) is 4.74 Å². The quantitative estimate of drug-likeness (QED) is 0.781. The summed E-state index contributed by atoms with van der Waals surface area (Å²) in [5, 5.41) is 3.43. The maximum absolute atomic E-state index is 13.0. The molecule has 0 radical (unpaired) electrons. The number of aryl methyl sites for hydroxylation is 1. The molecule has 0 saturated heterocycles. The number of hydrogen-bond acceptors (Lipinski definition) is 2. The van der Waals surface area contributed by atoms with Crippen LogP contribution in [0, 0.1) is 12.7 Å². The predicted octanol–water partition coefficient (Wildman–Crippen LogP) is 3.68. The Hall–Kier alpha value is -1.09. The average molecular weight is 253 g/mol. The standard InChI is InChI=1S/C15H24FNO/c1-12-7-8-13(16)11-14(12)18-10-6-5-9-17-15(2,3)4/h7-8,11,17H,5-6,9-10H2,1-4H3. The molecule has 102 valence electrons. The highest BCUT2D eigenvalue weighted by molar-refractivity contribution is 5.32. The molecule has 0 saturated carbocycles. The molecule has 3 heteroatoms. The number of rotatable bonds is 6. The summed E-state index contributed by atoms with van der Waals surface area (Å²) in [7, 11) is 0. The van der Waals surface area contributed by atoms with Crippen molar-refractivity contribution >= 4 is 0 Å². The first-order chi connectivity index (χ1) is 8.38. The molecule has 18 heavy (non-hydrogen) atoms. The Bertz CT molecular complexity index is 371. The summed E-state index contributed by atoms with van der Waals surface area (Å²) in [6, 6.07) is 4.64. The highest BCUT2D eigenvalue weighted by Crippen LogP contribution is 2.18. The van der Waals surface area contributed by atoms with Crippen molar-refractivity contribution in [3.05, 3.63) is 29.6 Å². The summed E-state index contributed by atoms with van der Waals surface area (Å²) < 4.78 is 18.6. The van der Waals surface area contributed by atoms with Crippen LogP contribution in [0.1, 0.15) is 39.2 Å². The number of benzene rings is 1. The van der Waals surface area contributed by atoms with E-state index < -0.39 is 0 Å². The molecule has 0 amide bonds. The molecule has 1 aromatic carbocycles. The van der Waals surface area contributed by atoms with Crippen LogP contribution in [-0.4, -0.2) is 18.7 Å². The Kier molecular flexibility index (Phi) is 5.60. The highest BCUT2D eigenvalue weighted by Gasteiger charge is 2.07. The molecule has 0 aliphatic heterocycles. The fourth-order valence-electron chi connectivity index (χ4n) is 1.60. The van der Waals surface area contributed by atoms with E-state index in [0.717, 1.165) is 24.9 Å². The first-order valence-electron chi connectivity index (χ1n) is 6.52. The Morgan fingerprint density at radius 2 is 1.94 bits per heavy atom. The summed E-state index contributed by atoms with van der Waals surface area (Å²) >= 11 is 0. The largest absolute Gasteiger partial charge is 0.493 e. The van der Waals surface area contributed by atoms with Crippen LogP contribution in [0.25, 0.3) is 0 Å². The lowest BCUT2D eigenvalue weighted by Crippen LogP contribution is -2.36. The normalized spacial score (nSPS) is 11.6. The van der Waals surface area contributed by atoms with Gasteiger partial charge in [0.15, 0.2) is 0 Å². The lowest BCUT2D eigenvalue weighted by molar-refractivity contribution is 0.298. The molecular weight excluding hydrogens is 229 g/mol. The maximum Gasteiger partial charge on any atom is 0.126 e. The number of halogens is 1. The highest BCUT2D eigenvalue weighted by atomic mass is 19.1. The zero-order chi connectivity index (χ0) is 13.6. The van der Waals surface area contributed by atoms with Gasteiger partial charge in [-0.15, -0.1) is 0 Å². The minimum Gasteiger partial charge on any atom is -0.493 e. The lowest BCUT2D eigenvalue weighted by atomic mass is 10.1. The van der Waals surface area contributed by atoms with Crippen LogP contribution in [-0.2, 0) is 0 Å². The van der Waals surface area contributed by atoms with Gasteiger partial charge >= 0.3 is 0 Å². The van der Waals surface area contributed by atoms with E-state index in [1.54, 1.807) is 6.07 Å². The minimum absolute atomic E-state index is 0.167. The van der Waals surface area contributed by atoms with Gasteiger partial charge in [-0.3, -0.25) is 0 Å². The molecule has 0 aliphatic rings. The Balaban J connectivity index is 2.20. The molecular formula is C15H24FNO. The second kappa shape index (κ2) is 6.74. The molecule has 1 N–H and O–H groups in total. The van der Waals surface area contributed by atoms with E-state index in [1.807, 2.05) is 6.92 Å². The number of hydrogen-bond donors (Lipinski definition) is 1. The molecule has 0 heterocycles. The van der Waals surface area contributed by atoms with Crippen LogP contribution in [0.5, 0.6) is 5.75 Å². The third kappa shape index (κ3) is 6.01.